The van der Waals surface area contributed by atoms with Crippen molar-refractivity contribution in [2.24, 2.45) is 5.41 Å². The summed E-state index contributed by atoms with van der Waals surface area (Å²) >= 11 is 0. The molecule has 0 bridgehead atoms. The third-order valence-electron chi connectivity index (χ3n) is 6.62. The second-order valence-corrected chi connectivity index (χ2v) is 9.32. The maximum absolute atomic E-state index is 13.3. The predicted molar refractivity (Wildman–Crippen MR) is 131 cm³/mol. The van der Waals surface area contributed by atoms with Crippen LogP contribution in [0.5, 0.6) is 0 Å². The van der Waals surface area contributed by atoms with E-state index in [0.717, 1.165) is 16.8 Å². The van der Waals surface area contributed by atoms with Gasteiger partial charge in [0.2, 0.25) is 0 Å². The summed E-state index contributed by atoms with van der Waals surface area (Å²) in [6.07, 6.45) is 1.68. The Balaban J connectivity index is 1.44. The van der Waals surface area contributed by atoms with E-state index in [4.69, 9.17) is 9.47 Å². The topological polar surface area (TPSA) is 83.3 Å². The van der Waals surface area contributed by atoms with Gasteiger partial charge >= 0.3 is 5.97 Å². The van der Waals surface area contributed by atoms with Gasteiger partial charge in [-0.15, -0.1) is 5.10 Å². The van der Waals surface area contributed by atoms with Gasteiger partial charge in [0.15, 0.2) is 11.2 Å². The summed E-state index contributed by atoms with van der Waals surface area (Å²) in [4.78, 5) is 26.5. The quantitative estimate of drug-likeness (QED) is 0.277. The molecule has 1 aliphatic rings. The molecule has 0 N–H and O–H groups in total. The molecule has 4 rings (SSSR count). The second-order valence-electron chi connectivity index (χ2n) is 9.32. The summed E-state index contributed by atoms with van der Waals surface area (Å²) in [7, 11) is 0. The lowest BCUT2D eigenvalue weighted by molar-refractivity contribution is -0.178. The number of ketones is 1. The second kappa shape index (κ2) is 10.4. The normalized spacial score (nSPS) is 22.3. The lowest BCUT2D eigenvalue weighted by Gasteiger charge is -2.41. The number of hydrogen-bond acceptors (Lipinski definition) is 6. The monoisotopic (exact) mass is 473 g/mol. The largest absolute Gasteiger partial charge is 0.460 e. The van der Waals surface area contributed by atoms with Crippen molar-refractivity contribution in [3.8, 4) is 0 Å². The highest BCUT2D eigenvalue weighted by atomic mass is 16.5. The highest BCUT2D eigenvalue weighted by molar-refractivity contribution is 6.13. The number of benzene rings is 2. The molecule has 0 unspecified atom stereocenters. The smallest absolute Gasteiger partial charge is 0.322 e. The number of Topliss-reactive ketones (excluding diaryl/α,β-unsaturated/α-hetero) is 1. The number of nitrogens with zero attached hydrogens (tertiary/aromatic N) is 3. The first-order valence-corrected chi connectivity index (χ1v) is 11.8. The molecule has 0 amide bonds. The first kappa shape index (κ1) is 24.5. The van der Waals surface area contributed by atoms with Gasteiger partial charge in [0, 0.05) is 11.8 Å². The van der Waals surface area contributed by atoms with E-state index in [0.29, 0.717) is 19.4 Å². The molecule has 2 aromatic carbocycles. The van der Waals surface area contributed by atoms with Crippen LogP contribution in [0.4, 0.5) is 0 Å². The minimum atomic E-state index is -1.48. The average molecular weight is 474 g/mol. The summed E-state index contributed by atoms with van der Waals surface area (Å²) in [5.41, 5.74) is 2.76. The molecule has 7 nitrogen and oxygen atoms in total. The number of rotatable bonds is 8. The Hall–Kier alpha value is -3.58. The fourth-order valence-corrected chi connectivity index (χ4v) is 4.27. The van der Waals surface area contributed by atoms with E-state index in [1.807, 2.05) is 36.5 Å². The van der Waals surface area contributed by atoms with Gasteiger partial charge < -0.3 is 9.47 Å². The minimum Gasteiger partial charge on any atom is -0.460 e. The van der Waals surface area contributed by atoms with Crippen molar-refractivity contribution in [3.05, 3.63) is 95.3 Å². The van der Waals surface area contributed by atoms with Crippen molar-refractivity contribution < 1.29 is 19.1 Å². The third-order valence-corrected chi connectivity index (χ3v) is 6.62. The van der Waals surface area contributed by atoms with Crippen LogP contribution in [0.15, 0.2) is 72.9 Å². The lowest BCUT2D eigenvalue weighted by Crippen LogP contribution is -2.55. The van der Waals surface area contributed by atoms with Crippen LogP contribution in [0.1, 0.15) is 42.7 Å². The average Bonchev–Trinajstić information content (AvgIpc) is 3.31. The van der Waals surface area contributed by atoms with E-state index >= 15 is 0 Å². The molecule has 35 heavy (non-hydrogen) atoms. The van der Waals surface area contributed by atoms with Crippen molar-refractivity contribution in [1.29, 1.82) is 0 Å². The van der Waals surface area contributed by atoms with E-state index in [1.54, 1.807) is 18.5 Å². The fraction of sp³-hybridized carbons (Fsp3) is 0.357. The Bertz CT molecular complexity index is 1200. The van der Waals surface area contributed by atoms with Gasteiger partial charge in [-0.2, -0.15) is 0 Å². The molecule has 3 atom stereocenters. The Morgan fingerprint density at radius 3 is 2.57 bits per heavy atom. The van der Waals surface area contributed by atoms with Crippen LogP contribution in [-0.4, -0.2) is 39.0 Å². The molecule has 1 aromatic heterocycles. The maximum atomic E-state index is 13.3. The van der Waals surface area contributed by atoms with Crippen molar-refractivity contribution >= 4 is 11.8 Å². The summed E-state index contributed by atoms with van der Waals surface area (Å²) in [6, 6.07) is 17.6. The number of ether oxygens (including phenoxy) is 2. The minimum absolute atomic E-state index is 0.0879. The molecular formula is C28H31N3O4. The van der Waals surface area contributed by atoms with Gasteiger partial charge in [-0.1, -0.05) is 72.0 Å². The molecule has 2 heterocycles. The first-order valence-electron chi connectivity index (χ1n) is 11.8. The molecular weight excluding hydrogens is 442 g/mol. The van der Waals surface area contributed by atoms with E-state index in [2.05, 4.69) is 48.1 Å². The summed E-state index contributed by atoms with van der Waals surface area (Å²) in [5, 5.41) is 8.50. The fourth-order valence-electron chi connectivity index (χ4n) is 4.27. The van der Waals surface area contributed by atoms with Crippen molar-refractivity contribution in [3.63, 3.8) is 0 Å². The molecule has 0 saturated carbocycles. The lowest BCUT2D eigenvalue weighted by atomic mass is 9.72. The number of esters is 1. The van der Waals surface area contributed by atoms with Gasteiger partial charge in [0.25, 0.3) is 0 Å². The Morgan fingerprint density at radius 2 is 1.86 bits per heavy atom. The molecule has 1 saturated heterocycles. The summed E-state index contributed by atoms with van der Waals surface area (Å²) in [5.74, 6) is -0.935. The van der Waals surface area contributed by atoms with Crippen molar-refractivity contribution in [2.45, 2.75) is 59.0 Å². The predicted octanol–water partition coefficient (Wildman–Crippen LogP) is 4.23. The zero-order valence-corrected chi connectivity index (χ0v) is 20.4. The van der Waals surface area contributed by atoms with Crippen LogP contribution in [0.25, 0.3) is 0 Å². The molecule has 1 aliphatic heterocycles. The summed E-state index contributed by atoms with van der Waals surface area (Å²) < 4.78 is 13.5. The maximum Gasteiger partial charge on any atom is 0.322 e. The highest BCUT2D eigenvalue weighted by Crippen LogP contribution is 2.39. The van der Waals surface area contributed by atoms with Gasteiger partial charge in [-0.05, 0) is 44.7 Å². The molecule has 0 spiro atoms. The zero-order chi connectivity index (χ0) is 25.0. The van der Waals surface area contributed by atoms with E-state index in [1.165, 1.54) is 5.56 Å². The number of hydrogen-bond donors (Lipinski definition) is 0. The van der Waals surface area contributed by atoms with Gasteiger partial charge in [-0.25, -0.2) is 4.68 Å². The van der Waals surface area contributed by atoms with E-state index in [-0.39, 0.29) is 18.0 Å². The first-order chi connectivity index (χ1) is 16.8. The number of carbonyl (C=O) groups is 2. The molecule has 0 radical (unpaired) electrons. The third kappa shape index (κ3) is 5.41. The number of aryl methyl sites for hydroxylation is 2. The van der Waals surface area contributed by atoms with E-state index < -0.39 is 23.6 Å². The van der Waals surface area contributed by atoms with Crippen LogP contribution in [-0.2, 0) is 38.6 Å². The Labute approximate surface area is 205 Å². The van der Waals surface area contributed by atoms with Crippen LogP contribution >= 0.6 is 0 Å². The van der Waals surface area contributed by atoms with Gasteiger partial charge in [0.1, 0.15) is 6.61 Å². The summed E-state index contributed by atoms with van der Waals surface area (Å²) in [6.45, 7) is 10.00. The van der Waals surface area contributed by atoms with Crippen LogP contribution < -0.4 is 0 Å². The highest BCUT2D eigenvalue weighted by Gasteiger charge is 2.54. The standard InChI is InChI=1S/C28H31N3O4/c1-19-10-12-22(13-11-19)16-31-17-24(29-30-31)14-15-25-28(4,26(32)20(2)21(3)35-25)27(33)34-18-23-8-6-5-7-9-23/h5-13,17,21,25H,2,14-16,18H2,1,3-4H3/t21-,25+,28+/m0/s1. The Morgan fingerprint density at radius 1 is 1.14 bits per heavy atom. The van der Waals surface area contributed by atoms with Crippen LogP contribution in [0.3, 0.4) is 0 Å². The molecule has 1 fully saturated rings. The number of carbonyl (C=O) groups excluding carboxylic acids is 2. The molecule has 7 heteroatoms. The van der Waals surface area contributed by atoms with Gasteiger partial charge in [0.05, 0.1) is 24.4 Å². The van der Waals surface area contributed by atoms with Crippen molar-refractivity contribution in [1.82, 2.24) is 15.0 Å². The zero-order valence-electron chi connectivity index (χ0n) is 20.4. The molecule has 0 aliphatic carbocycles. The van der Waals surface area contributed by atoms with Gasteiger partial charge in [-0.3, -0.25) is 9.59 Å². The Kier molecular flexibility index (Phi) is 7.26. The molecule has 182 valence electrons. The van der Waals surface area contributed by atoms with Crippen LogP contribution in [0.2, 0.25) is 0 Å². The van der Waals surface area contributed by atoms with E-state index in [9.17, 15) is 9.59 Å². The van der Waals surface area contributed by atoms with Crippen molar-refractivity contribution in [2.75, 3.05) is 0 Å². The molecule has 3 aromatic rings. The number of aromatic nitrogens is 3. The van der Waals surface area contributed by atoms with Crippen LogP contribution in [0, 0.1) is 12.3 Å². The SMILES string of the molecule is C=C1C(=O)[C@](C)(C(=O)OCc2ccccc2)[C@@H](CCc2cn(Cc3ccc(C)cc3)nn2)O[C@H]1C.